The van der Waals surface area contributed by atoms with Gasteiger partial charge in [-0.05, 0) is 56.1 Å². The van der Waals surface area contributed by atoms with E-state index in [1.165, 1.54) is 23.7 Å². The standard InChI is InChI=1S/C33H46FN5O6/c1-8-24-29-26(16-33(3,4)17-27(29)41)38(37-24)25-14-13-23(32(35)43)31(30(25)34)36-20-9-11-21(12-10-20)45-28(42)15-22(44-19(2)40)18-39(5,6)7/h13-14,20-22H,8-12,15-18H2,1-7H3,(H2-,35,36,43)/p+1. The van der Waals surface area contributed by atoms with E-state index < -0.39 is 29.8 Å². The minimum Gasteiger partial charge on any atom is -0.462 e. The van der Waals surface area contributed by atoms with Crippen molar-refractivity contribution < 1.29 is 37.5 Å². The Hall–Kier alpha value is -3.80. The number of rotatable bonds is 11. The highest BCUT2D eigenvalue weighted by Crippen LogP contribution is 2.39. The van der Waals surface area contributed by atoms with Crippen LogP contribution in [0.3, 0.4) is 0 Å². The van der Waals surface area contributed by atoms with Gasteiger partial charge in [0.25, 0.3) is 5.91 Å². The van der Waals surface area contributed by atoms with Gasteiger partial charge in [-0.1, -0.05) is 20.8 Å². The van der Waals surface area contributed by atoms with Gasteiger partial charge in [0.1, 0.15) is 18.3 Å². The lowest BCUT2D eigenvalue weighted by Crippen LogP contribution is -2.44. The quantitative estimate of drug-likeness (QED) is 0.280. The number of quaternary nitrogens is 1. The molecule has 12 heteroatoms. The largest absolute Gasteiger partial charge is 0.462 e. The van der Waals surface area contributed by atoms with Crippen molar-refractivity contribution in [2.75, 3.05) is 33.0 Å². The summed E-state index contributed by atoms with van der Waals surface area (Å²) in [6.07, 6.45) is 2.73. The van der Waals surface area contributed by atoms with Crippen molar-refractivity contribution in [2.24, 2.45) is 11.1 Å². The van der Waals surface area contributed by atoms with Gasteiger partial charge >= 0.3 is 11.9 Å². The monoisotopic (exact) mass is 628 g/mol. The summed E-state index contributed by atoms with van der Waals surface area (Å²) in [5, 5.41) is 7.85. The Kier molecular flexibility index (Phi) is 10.1. The summed E-state index contributed by atoms with van der Waals surface area (Å²) in [5.41, 5.74) is 7.37. The molecule has 0 spiro atoms. The molecule has 0 bridgehead atoms. The van der Waals surface area contributed by atoms with Gasteiger partial charge in [0, 0.05) is 19.4 Å². The number of likely N-dealkylation sites (N-methyl/N-ethyl adjacent to an activating group) is 1. The number of benzene rings is 1. The first-order valence-electron chi connectivity index (χ1n) is 15.7. The molecule has 246 valence electrons. The molecule has 2 aromatic rings. The maximum atomic E-state index is 16.4. The Morgan fingerprint density at radius 1 is 1.16 bits per heavy atom. The first-order chi connectivity index (χ1) is 21.0. The van der Waals surface area contributed by atoms with E-state index in [9.17, 15) is 19.2 Å². The molecule has 1 aromatic carbocycles. The van der Waals surface area contributed by atoms with Crippen LogP contribution in [0.1, 0.15) is 98.3 Å². The number of ether oxygens (including phenoxy) is 2. The molecule has 0 aliphatic heterocycles. The Bertz CT molecular complexity index is 1470. The summed E-state index contributed by atoms with van der Waals surface area (Å²) < 4.78 is 29.5. The fourth-order valence-corrected chi connectivity index (χ4v) is 6.49. The number of hydrogen-bond acceptors (Lipinski definition) is 8. The number of fused-ring (bicyclic) bond motifs is 1. The van der Waals surface area contributed by atoms with E-state index in [0.717, 1.165) is 0 Å². The second-order valence-corrected chi connectivity index (χ2v) is 14.2. The lowest BCUT2D eigenvalue weighted by atomic mass is 9.75. The molecule has 1 saturated carbocycles. The summed E-state index contributed by atoms with van der Waals surface area (Å²) in [7, 11) is 5.85. The first kappa shape index (κ1) is 34.1. The van der Waals surface area contributed by atoms with Crippen molar-refractivity contribution in [3.05, 3.63) is 40.5 Å². The van der Waals surface area contributed by atoms with Crippen LogP contribution in [0.5, 0.6) is 0 Å². The number of carbonyl (C=O) groups excluding carboxylic acids is 4. The molecule has 1 aromatic heterocycles. The van der Waals surface area contributed by atoms with Crippen LogP contribution in [-0.2, 0) is 31.9 Å². The molecule has 45 heavy (non-hydrogen) atoms. The molecule has 2 aliphatic rings. The molecule has 1 fully saturated rings. The van der Waals surface area contributed by atoms with Gasteiger partial charge in [-0.3, -0.25) is 19.2 Å². The van der Waals surface area contributed by atoms with Gasteiger partial charge in [0.15, 0.2) is 17.7 Å². The molecule has 11 nitrogen and oxygen atoms in total. The normalized spacial score (nSPS) is 20.2. The van der Waals surface area contributed by atoms with Gasteiger partial charge < -0.3 is 25.0 Å². The van der Waals surface area contributed by atoms with Crippen LogP contribution < -0.4 is 11.1 Å². The third kappa shape index (κ3) is 8.27. The van der Waals surface area contributed by atoms with Gasteiger partial charge in [-0.25, -0.2) is 9.07 Å². The number of halogens is 1. The number of amides is 1. The maximum Gasteiger partial charge on any atom is 0.310 e. The topological polar surface area (TPSA) is 143 Å². The molecule has 0 radical (unpaired) electrons. The summed E-state index contributed by atoms with van der Waals surface area (Å²) in [6, 6.07) is 2.77. The Morgan fingerprint density at radius 2 is 1.82 bits per heavy atom. The molecule has 0 saturated heterocycles. The van der Waals surface area contributed by atoms with Crippen LogP contribution >= 0.6 is 0 Å². The van der Waals surface area contributed by atoms with Gasteiger partial charge in [0.05, 0.1) is 55.8 Å². The second-order valence-electron chi connectivity index (χ2n) is 14.2. The van der Waals surface area contributed by atoms with Crippen LogP contribution in [0, 0.1) is 11.2 Å². The van der Waals surface area contributed by atoms with Gasteiger partial charge in [-0.2, -0.15) is 5.10 Å². The van der Waals surface area contributed by atoms with Crippen LogP contribution in [0.2, 0.25) is 0 Å². The van der Waals surface area contributed by atoms with E-state index in [2.05, 4.69) is 10.4 Å². The predicted octanol–water partition coefficient (Wildman–Crippen LogP) is 4.12. The fraction of sp³-hybridized carbons (Fsp3) is 0.606. The second kappa shape index (κ2) is 13.3. The smallest absolute Gasteiger partial charge is 0.310 e. The summed E-state index contributed by atoms with van der Waals surface area (Å²) >= 11 is 0. The van der Waals surface area contributed by atoms with E-state index in [1.807, 2.05) is 41.9 Å². The number of ketones is 1. The molecule has 1 heterocycles. The van der Waals surface area contributed by atoms with Crippen LogP contribution in [0.15, 0.2) is 12.1 Å². The van der Waals surface area contributed by atoms with Gasteiger partial charge in [0.2, 0.25) is 0 Å². The van der Waals surface area contributed by atoms with Crippen LogP contribution in [-0.4, -0.2) is 83.8 Å². The highest BCUT2D eigenvalue weighted by Gasteiger charge is 2.37. The summed E-state index contributed by atoms with van der Waals surface area (Å²) in [5.74, 6) is -2.32. The number of carbonyl (C=O) groups is 4. The lowest BCUT2D eigenvalue weighted by Gasteiger charge is -2.31. The minimum absolute atomic E-state index is 0.00425. The zero-order valence-electron chi connectivity index (χ0n) is 27.5. The number of primary amides is 1. The molecule has 1 atom stereocenters. The third-order valence-corrected chi connectivity index (χ3v) is 8.37. The number of nitrogens with zero attached hydrogens (tertiary/aromatic N) is 3. The molecule has 1 unspecified atom stereocenters. The maximum absolute atomic E-state index is 16.4. The molecular weight excluding hydrogens is 581 g/mol. The average Bonchev–Trinajstić information content (AvgIpc) is 3.26. The fourth-order valence-electron chi connectivity index (χ4n) is 6.49. The zero-order chi connectivity index (χ0) is 33.3. The summed E-state index contributed by atoms with van der Waals surface area (Å²) in [6.45, 7) is 7.71. The number of aromatic nitrogens is 2. The van der Waals surface area contributed by atoms with Crippen molar-refractivity contribution >= 4 is 29.3 Å². The Balaban J connectivity index is 1.49. The van der Waals surface area contributed by atoms with Crippen molar-refractivity contribution in [1.29, 1.82) is 0 Å². The minimum atomic E-state index is -0.769. The van der Waals surface area contributed by atoms with Crippen LogP contribution in [0.25, 0.3) is 5.69 Å². The predicted molar refractivity (Wildman–Crippen MR) is 167 cm³/mol. The van der Waals surface area contributed by atoms with E-state index in [0.29, 0.717) is 72.9 Å². The highest BCUT2D eigenvalue weighted by molar-refractivity contribution is 6.00. The summed E-state index contributed by atoms with van der Waals surface area (Å²) in [4.78, 5) is 49.7. The molecule has 3 N–H and O–H groups in total. The Morgan fingerprint density at radius 3 is 2.40 bits per heavy atom. The van der Waals surface area contributed by atoms with Crippen molar-refractivity contribution in [2.45, 2.75) is 97.3 Å². The van der Waals surface area contributed by atoms with E-state index >= 15 is 4.39 Å². The third-order valence-electron chi connectivity index (χ3n) is 8.37. The van der Waals surface area contributed by atoms with Crippen molar-refractivity contribution in [1.82, 2.24) is 9.78 Å². The number of aryl methyl sites for hydroxylation is 1. The molecule has 4 rings (SSSR count). The Labute approximate surface area is 264 Å². The SMILES string of the molecule is CCc1nn(-c2ccc(C(N)=O)c(NC3CCC(OC(=O)CC(C[N+](C)(C)C)OC(C)=O)CC3)c2F)c2c1C(=O)CC(C)(C)C2. The molecule has 2 aliphatic carbocycles. The van der Waals surface area contributed by atoms with E-state index in [-0.39, 0.29) is 46.7 Å². The number of nitrogens with two attached hydrogens (primary N) is 1. The number of esters is 2. The van der Waals surface area contributed by atoms with Gasteiger partial charge in [-0.15, -0.1) is 0 Å². The average molecular weight is 629 g/mol. The van der Waals surface area contributed by atoms with E-state index in [1.54, 1.807) is 0 Å². The van der Waals surface area contributed by atoms with Crippen LogP contribution in [0.4, 0.5) is 10.1 Å². The van der Waals surface area contributed by atoms with Crippen molar-refractivity contribution in [3.8, 4) is 5.69 Å². The lowest BCUT2D eigenvalue weighted by molar-refractivity contribution is -0.873. The number of Topliss-reactive ketones (excluding diaryl/α,β-unsaturated/α-hetero) is 1. The number of anilines is 1. The number of hydrogen-bond donors (Lipinski definition) is 2. The van der Waals surface area contributed by atoms with Crippen molar-refractivity contribution in [3.63, 3.8) is 0 Å². The molecule has 1 amide bonds. The molecular formula is C33H47FN5O6+. The number of nitrogens with one attached hydrogen (secondary N) is 1. The highest BCUT2D eigenvalue weighted by atomic mass is 19.1. The first-order valence-corrected chi connectivity index (χ1v) is 15.7. The zero-order valence-corrected chi connectivity index (χ0v) is 27.5. The van der Waals surface area contributed by atoms with E-state index in [4.69, 9.17) is 15.2 Å².